The Morgan fingerprint density at radius 1 is 1.47 bits per heavy atom. The molecule has 0 spiro atoms. The van der Waals surface area contributed by atoms with Crippen LogP contribution in [0.1, 0.15) is 0 Å². The van der Waals surface area contributed by atoms with Gasteiger partial charge in [0.15, 0.2) is 4.90 Å². The van der Waals surface area contributed by atoms with Crippen LogP contribution in [0.15, 0.2) is 28.1 Å². The maximum atomic E-state index is 11.0. The number of benzene rings is 1. The average molecular weight is 256 g/mol. The molecule has 1 heterocycles. The molecule has 8 nitrogen and oxygen atoms in total. The van der Waals surface area contributed by atoms with Gasteiger partial charge in [-0.05, 0) is 12.1 Å². The molecule has 1 radical (unpaired) electrons. The highest BCUT2D eigenvalue weighted by molar-refractivity contribution is 7.86. The summed E-state index contributed by atoms with van der Waals surface area (Å²) in [5, 5.41) is 14.3. The second-order valence-electron chi connectivity index (χ2n) is 3.23. The molecule has 1 aromatic rings. The molecule has 1 aromatic carbocycles. The lowest BCUT2D eigenvalue weighted by Crippen LogP contribution is -2.03. The van der Waals surface area contributed by atoms with Gasteiger partial charge in [-0.1, -0.05) is 0 Å². The summed E-state index contributed by atoms with van der Waals surface area (Å²) in [4.78, 5) is 12.8. The molecule has 2 rings (SSSR count). The van der Waals surface area contributed by atoms with E-state index in [1.165, 1.54) is 6.07 Å². The Bertz CT molecular complexity index is 616. The van der Waals surface area contributed by atoms with Crippen LogP contribution in [0.5, 0.6) is 0 Å². The number of nitro benzene ring substituents is 1. The normalized spacial score (nSPS) is 16.6. The second kappa shape index (κ2) is 3.79. The van der Waals surface area contributed by atoms with Crippen molar-refractivity contribution >= 4 is 27.3 Å². The van der Waals surface area contributed by atoms with Crippen LogP contribution in [0.2, 0.25) is 0 Å². The first-order chi connectivity index (χ1) is 7.88. The Balaban J connectivity index is 2.57. The molecule has 0 aliphatic carbocycles. The van der Waals surface area contributed by atoms with Gasteiger partial charge in [0.05, 0.1) is 10.6 Å². The summed E-state index contributed by atoms with van der Waals surface area (Å²) in [5.41, 5.74) is -0.497. The van der Waals surface area contributed by atoms with E-state index in [4.69, 9.17) is 4.55 Å². The van der Waals surface area contributed by atoms with Gasteiger partial charge in [0.1, 0.15) is 12.4 Å². The van der Waals surface area contributed by atoms with Gasteiger partial charge in [0.25, 0.3) is 5.69 Å². The summed E-state index contributed by atoms with van der Waals surface area (Å²) >= 11 is 0. The van der Waals surface area contributed by atoms with Crippen molar-refractivity contribution in [1.82, 2.24) is 5.32 Å². The Morgan fingerprint density at radius 3 is 2.59 bits per heavy atom. The third kappa shape index (κ3) is 2.57. The van der Waals surface area contributed by atoms with Gasteiger partial charge in [-0.15, -0.1) is 0 Å². The average Bonchev–Trinajstić information content (AvgIpc) is 3.00. The van der Waals surface area contributed by atoms with Crippen LogP contribution < -0.4 is 5.32 Å². The summed E-state index contributed by atoms with van der Waals surface area (Å²) in [5.74, 6) is 0.528. The molecule has 0 unspecified atom stereocenters. The van der Waals surface area contributed by atoms with Crippen LogP contribution in [-0.4, -0.2) is 30.3 Å². The topological polar surface area (TPSA) is 124 Å². The summed E-state index contributed by atoms with van der Waals surface area (Å²) in [6, 6.07) is 3.20. The second-order valence-corrected chi connectivity index (χ2v) is 4.62. The summed E-state index contributed by atoms with van der Waals surface area (Å²) in [6.07, 6.45) is 0. The Kier molecular flexibility index (Phi) is 2.56. The van der Waals surface area contributed by atoms with Gasteiger partial charge >= 0.3 is 10.1 Å². The molecule has 0 aromatic heterocycles. The van der Waals surface area contributed by atoms with E-state index in [1.54, 1.807) is 0 Å². The lowest BCUT2D eigenvalue weighted by molar-refractivity contribution is -0.387. The highest BCUT2D eigenvalue weighted by Gasteiger charge is 2.25. The predicted octanol–water partition coefficient (Wildman–Crippen LogP) is 0.490. The largest absolute Gasteiger partial charge is 0.301 e. The molecule has 17 heavy (non-hydrogen) atoms. The minimum Gasteiger partial charge on any atom is -0.282 e. The van der Waals surface area contributed by atoms with E-state index in [2.05, 4.69) is 10.3 Å². The molecule has 1 saturated heterocycles. The van der Waals surface area contributed by atoms with Crippen molar-refractivity contribution in [2.24, 2.45) is 4.99 Å². The minimum absolute atomic E-state index is 0.194. The van der Waals surface area contributed by atoms with Crippen LogP contribution in [-0.2, 0) is 10.1 Å². The molecule has 0 saturated carbocycles. The maximum absolute atomic E-state index is 11.0. The van der Waals surface area contributed by atoms with E-state index < -0.39 is 25.6 Å². The third-order valence-electron chi connectivity index (χ3n) is 1.98. The van der Waals surface area contributed by atoms with Crippen molar-refractivity contribution in [2.45, 2.75) is 4.90 Å². The lowest BCUT2D eigenvalue weighted by Gasteiger charge is -2.00. The number of amidine groups is 1. The first kappa shape index (κ1) is 11.5. The molecular formula is C8H6N3O5S. The lowest BCUT2D eigenvalue weighted by atomic mass is 10.3. The Labute approximate surface area is 95.9 Å². The molecule has 1 aliphatic heterocycles. The summed E-state index contributed by atoms with van der Waals surface area (Å²) < 4.78 is 30.9. The number of rotatable bonds is 3. The molecule has 0 atom stereocenters. The molecular weight excluding hydrogens is 250 g/mol. The van der Waals surface area contributed by atoms with Gasteiger partial charge in [0.2, 0.25) is 0 Å². The molecule has 1 aliphatic rings. The van der Waals surface area contributed by atoms with Crippen molar-refractivity contribution in [3.05, 3.63) is 28.3 Å². The fourth-order valence-corrected chi connectivity index (χ4v) is 1.86. The number of hydrogen-bond acceptors (Lipinski definition) is 5. The van der Waals surface area contributed by atoms with Crippen molar-refractivity contribution in [2.75, 3.05) is 6.54 Å². The molecule has 1 fully saturated rings. The third-order valence-corrected chi connectivity index (χ3v) is 2.86. The number of aliphatic imine (C=N–C) groups is 1. The molecule has 1 N–H and O–H groups in total. The van der Waals surface area contributed by atoms with Crippen LogP contribution in [0.25, 0.3) is 0 Å². The molecule has 89 valence electrons. The van der Waals surface area contributed by atoms with Gasteiger partial charge in [0, 0.05) is 6.07 Å². The molecule has 9 heteroatoms. The van der Waals surface area contributed by atoms with Crippen molar-refractivity contribution in [3.63, 3.8) is 0 Å². The maximum Gasteiger partial charge on any atom is 0.301 e. The zero-order chi connectivity index (χ0) is 12.6. The van der Waals surface area contributed by atoms with Crippen LogP contribution in [0.4, 0.5) is 11.4 Å². The fraction of sp³-hybridized carbons (Fsp3) is 0.125. The standard InChI is InChI=1S/C8H6N3O5S/c12-11(13)6-2-1-5(10-8-4-9-8)3-7(6)17(14,15)16/h1-3H,4H2,(H,14,15,16). The summed E-state index contributed by atoms with van der Waals surface area (Å²) in [6.45, 7) is 0.470. The molecule has 0 bridgehead atoms. The van der Waals surface area contributed by atoms with Crippen LogP contribution in [0.3, 0.4) is 0 Å². The number of nitro groups is 1. The van der Waals surface area contributed by atoms with E-state index in [0.29, 0.717) is 12.4 Å². The van der Waals surface area contributed by atoms with E-state index in [1.807, 2.05) is 0 Å². The smallest absolute Gasteiger partial charge is 0.282 e. The monoisotopic (exact) mass is 256 g/mol. The number of hydrogen-bond donors (Lipinski definition) is 1. The van der Waals surface area contributed by atoms with Gasteiger partial charge in [-0.25, -0.2) is 4.99 Å². The van der Waals surface area contributed by atoms with Gasteiger partial charge in [-0.3, -0.25) is 20.0 Å². The van der Waals surface area contributed by atoms with Crippen LogP contribution >= 0.6 is 0 Å². The van der Waals surface area contributed by atoms with E-state index in [-0.39, 0.29) is 5.69 Å². The van der Waals surface area contributed by atoms with Gasteiger partial charge in [-0.2, -0.15) is 8.42 Å². The van der Waals surface area contributed by atoms with Crippen molar-refractivity contribution in [3.8, 4) is 0 Å². The minimum atomic E-state index is -4.66. The first-order valence-corrected chi connectivity index (χ1v) is 5.83. The van der Waals surface area contributed by atoms with Crippen molar-refractivity contribution < 1.29 is 17.9 Å². The van der Waals surface area contributed by atoms with E-state index >= 15 is 0 Å². The Hall–Kier alpha value is -2.00. The highest BCUT2D eigenvalue weighted by Crippen LogP contribution is 2.28. The van der Waals surface area contributed by atoms with Crippen molar-refractivity contribution in [1.29, 1.82) is 0 Å². The number of nitrogens with zero attached hydrogens (tertiary/aromatic N) is 3. The fourth-order valence-electron chi connectivity index (χ4n) is 1.18. The SMILES string of the molecule is O=[N+]([O-])c1ccc(N=C2C[N]2)cc1S(=O)(=O)O. The van der Waals surface area contributed by atoms with E-state index in [0.717, 1.165) is 12.1 Å². The van der Waals surface area contributed by atoms with Crippen LogP contribution in [0, 0.1) is 10.1 Å². The van der Waals surface area contributed by atoms with E-state index in [9.17, 15) is 18.5 Å². The molecule has 0 amide bonds. The quantitative estimate of drug-likeness (QED) is 0.364. The zero-order valence-corrected chi connectivity index (χ0v) is 9.09. The Morgan fingerprint density at radius 2 is 2.12 bits per heavy atom. The zero-order valence-electron chi connectivity index (χ0n) is 8.27. The van der Waals surface area contributed by atoms with Gasteiger partial charge < -0.3 is 0 Å². The summed E-state index contributed by atoms with van der Waals surface area (Å²) in [7, 11) is -4.66. The highest BCUT2D eigenvalue weighted by atomic mass is 32.2. The predicted molar refractivity (Wildman–Crippen MR) is 57.0 cm³/mol. The first-order valence-electron chi connectivity index (χ1n) is 4.39.